The van der Waals surface area contributed by atoms with Crippen molar-refractivity contribution in [2.24, 2.45) is 5.41 Å². The van der Waals surface area contributed by atoms with Gasteiger partial charge in [0.1, 0.15) is 32.0 Å². The van der Waals surface area contributed by atoms with E-state index < -0.39 is 0 Å². The second-order valence-electron chi connectivity index (χ2n) is 6.99. The normalized spacial score (nSPS) is 28.4. The van der Waals surface area contributed by atoms with Crippen LogP contribution in [0.25, 0.3) is 0 Å². The maximum absolute atomic E-state index is 5.50. The average Bonchev–Trinajstić information content (AvgIpc) is 2.47. The fraction of sp³-hybridized carbons (Fsp3) is 0.812. The molecular formula is C16H28N2O2+2. The molecule has 0 amide bonds. The second kappa shape index (κ2) is 5.96. The van der Waals surface area contributed by atoms with Gasteiger partial charge in [-0.1, -0.05) is 13.8 Å². The Labute approximate surface area is 122 Å². The van der Waals surface area contributed by atoms with Crippen molar-refractivity contribution in [2.45, 2.75) is 26.7 Å². The summed E-state index contributed by atoms with van der Waals surface area (Å²) in [4.78, 5) is 1.63. The summed E-state index contributed by atoms with van der Waals surface area (Å²) in [6.45, 7) is 12.7. The summed E-state index contributed by atoms with van der Waals surface area (Å²) in [7, 11) is 0. The van der Waals surface area contributed by atoms with Gasteiger partial charge in [0.25, 0.3) is 0 Å². The van der Waals surface area contributed by atoms with Crippen molar-refractivity contribution >= 4 is 5.71 Å². The van der Waals surface area contributed by atoms with Crippen LogP contribution in [0.3, 0.4) is 0 Å². The Kier molecular flexibility index (Phi) is 4.24. The molecule has 0 aromatic heterocycles. The molecule has 2 heterocycles. The van der Waals surface area contributed by atoms with Gasteiger partial charge >= 0.3 is 0 Å². The third-order valence-electron chi connectivity index (χ3n) is 4.64. The van der Waals surface area contributed by atoms with Crippen LogP contribution >= 0.6 is 0 Å². The number of quaternary nitrogens is 1. The van der Waals surface area contributed by atoms with Crippen molar-refractivity contribution in [3.8, 4) is 0 Å². The van der Waals surface area contributed by atoms with E-state index in [9.17, 15) is 0 Å². The van der Waals surface area contributed by atoms with E-state index in [4.69, 9.17) is 9.47 Å². The van der Waals surface area contributed by atoms with Gasteiger partial charge in [0, 0.05) is 12.8 Å². The number of allylic oxidation sites excluding steroid dienone is 2. The molecule has 3 aliphatic rings. The number of nitrogens with one attached hydrogen (secondary N) is 1. The van der Waals surface area contributed by atoms with Gasteiger partial charge in [0.2, 0.25) is 0 Å². The zero-order chi connectivity index (χ0) is 14.0. The lowest BCUT2D eigenvalue weighted by Crippen LogP contribution is -3.12. The van der Waals surface area contributed by atoms with E-state index in [1.165, 1.54) is 18.6 Å². The smallest absolute Gasteiger partial charge is 0.182 e. The third kappa shape index (κ3) is 3.30. The summed E-state index contributed by atoms with van der Waals surface area (Å²) in [5.74, 6) is 0. The quantitative estimate of drug-likeness (QED) is 0.689. The van der Waals surface area contributed by atoms with Gasteiger partial charge in [0.05, 0.1) is 19.3 Å². The van der Waals surface area contributed by atoms with Gasteiger partial charge in [0.15, 0.2) is 18.8 Å². The van der Waals surface area contributed by atoms with Crippen molar-refractivity contribution in [1.29, 1.82) is 0 Å². The number of ether oxygens (including phenoxy) is 2. The highest BCUT2D eigenvalue weighted by atomic mass is 16.5. The molecular weight excluding hydrogens is 252 g/mol. The molecule has 0 atom stereocenters. The molecule has 2 fully saturated rings. The van der Waals surface area contributed by atoms with E-state index in [-0.39, 0.29) is 0 Å². The summed E-state index contributed by atoms with van der Waals surface area (Å²) in [5.41, 5.74) is 3.49. The molecule has 0 aromatic carbocycles. The van der Waals surface area contributed by atoms with Crippen molar-refractivity contribution in [1.82, 2.24) is 0 Å². The SMILES string of the molecule is CC1(C)CC([NH+]2CCOCC2)=CC(=[N+]2CCOCC2)C1. The first-order valence-electron chi connectivity index (χ1n) is 7.96. The molecule has 2 saturated heterocycles. The van der Waals surface area contributed by atoms with E-state index in [2.05, 4.69) is 24.5 Å². The lowest BCUT2D eigenvalue weighted by Gasteiger charge is -2.34. The molecule has 0 bridgehead atoms. The van der Waals surface area contributed by atoms with Gasteiger partial charge in [-0.2, -0.15) is 0 Å². The Balaban J connectivity index is 1.85. The summed E-state index contributed by atoms with van der Waals surface area (Å²) in [5, 5.41) is 0. The van der Waals surface area contributed by atoms with Gasteiger partial charge in [-0.05, 0) is 5.41 Å². The van der Waals surface area contributed by atoms with Crippen LogP contribution in [-0.2, 0) is 9.47 Å². The van der Waals surface area contributed by atoms with Gasteiger partial charge in [-0.15, -0.1) is 0 Å². The fourth-order valence-corrected chi connectivity index (χ4v) is 3.59. The molecule has 4 heteroatoms. The second-order valence-corrected chi connectivity index (χ2v) is 6.99. The first-order valence-corrected chi connectivity index (χ1v) is 7.96. The van der Waals surface area contributed by atoms with E-state index >= 15 is 0 Å². The Hall–Kier alpha value is -0.710. The Bertz CT molecular complexity index is 412. The Morgan fingerprint density at radius 2 is 1.65 bits per heavy atom. The number of morpholine rings is 2. The van der Waals surface area contributed by atoms with Crippen LogP contribution in [0.5, 0.6) is 0 Å². The van der Waals surface area contributed by atoms with E-state index in [0.29, 0.717) is 5.41 Å². The van der Waals surface area contributed by atoms with Crippen molar-refractivity contribution in [2.75, 3.05) is 52.6 Å². The van der Waals surface area contributed by atoms with Crippen molar-refractivity contribution in [3.63, 3.8) is 0 Å². The van der Waals surface area contributed by atoms with Crippen molar-refractivity contribution < 1.29 is 18.9 Å². The average molecular weight is 280 g/mol. The zero-order valence-corrected chi connectivity index (χ0v) is 12.9. The van der Waals surface area contributed by atoms with Crippen molar-refractivity contribution in [3.05, 3.63) is 11.8 Å². The number of rotatable bonds is 1. The minimum absolute atomic E-state index is 0.378. The molecule has 0 aromatic rings. The van der Waals surface area contributed by atoms with Crippen LogP contribution in [0.4, 0.5) is 0 Å². The van der Waals surface area contributed by atoms with E-state index in [1.54, 1.807) is 10.6 Å². The minimum Gasteiger partial charge on any atom is -0.370 e. The summed E-state index contributed by atoms with van der Waals surface area (Å²) >= 11 is 0. The molecule has 0 saturated carbocycles. The van der Waals surface area contributed by atoms with Gasteiger partial charge in [-0.3, -0.25) is 0 Å². The highest BCUT2D eigenvalue weighted by molar-refractivity contribution is 5.92. The molecule has 0 unspecified atom stereocenters. The topological polar surface area (TPSA) is 25.9 Å². The lowest BCUT2D eigenvalue weighted by atomic mass is 9.78. The molecule has 20 heavy (non-hydrogen) atoms. The largest absolute Gasteiger partial charge is 0.370 e. The zero-order valence-electron chi connectivity index (χ0n) is 12.9. The van der Waals surface area contributed by atoms with Crippen LogP contribution in [0.1, 0.15) is 26.7 Å². The van der Waals surface area contributed by atoms with E-state index in [1.807, 2.05) is 0 Å². The van der Waals surface area contributed by atoms with Gasteiger partial charge < -0.3 is 14.4 Å². The molecule has 4 nitrogen and oxygen atoms in total. The highest BCUT2D eigenvalue weighted by Crippen LogP contribution is 2.32. The molecule has 0 radical (unpaired) electrons. The predicted octanol–water partition coefficient (Wildman–Crippen LogP) is 0.0891. The first kappa shape index (κ1) is 14.2. The monoisotopic (exact) mass is 280 g/mol. The summed E-state index contributed by atoms with van der Waals surface area (Å²) in [6.07, 6.45) is 4.90. The molecule has 0 spiro atoms. The Morgan fingerprint density at radius 1 is 1.00 bits per heavy atom. The number of hydrogen-bond donors (Lipinski definition) is 1. The maximum Gasteiger partial charge on any atom is 0.182 e. The van der Waals surface area contributed by atoms with E-state index in [0.717, 1.165) is 52.6 Å². The van der Waals surface area contributed by atoms with Gasteiger partial charge in [-0.25, -0.2) is 4.58 Å². The van der Waals surface area contributed by atoms with Crippen LogP contribution in [0.15, 0.2) is 11.8 Å². The Morgan fingerprint density at radius 3 is 2.35 bits per heavy atom. The standard InChI is InChI=1S/C16H27N2O2/c1-16(2)12-14(17-3-7-19-8-4-17)11-15(13-16)18-5-9-20-10-6-18/h11H,3-10,12-13H2,1-2H3/q+1/p+1. The number of nitrogens with zero attached hydrogens (tertiary/aromatic N) is 1. The molecule has 1 aliphatic carbocycles. The maximum atomic E-state index is 5.50. The molecule has 1 N–H and O–H groups in total. The van der Waals surface area contributed by atoms with Crippen LogP contribution in [-0.4, -0.2) is 62.9 Å². The third-order valence-corrected chi connectivity index (χ3v) is 4.64. The van der Waals surface area contributed by atoms with Crippen LogP contribution < -0.4 is 4.90 Å². The summed E-state index contributed by atoms with van der Waals surface area (Å²) in [6, 6.07) is 0. The predicted molar refractivity (Wildman–Crippen MR) is 78.4 cm³/mol. The number of hydrogen-bond acceptors (Lipinski definition) is 2. The lowest BCUT2D eigenvalue weighted by molar-refractivity contribution is -0.871. The first-order chi connectivity index (χ1) is 9.64. The minimum atomic E-state index is 0.378. The molecule has 112 valence electrons. The van der Waals surface area contributed by atoms with Crippen LogP contribution in [0, 0.1) is 5.41 Å². The molecule has 3 rings (SSSR count). The van der Waals surface area contributed by atoms with Crippen LogP contribution in [0.2, 0.25) is 0 Å². The molecule has 2 aliphatic heterocycles. The highest BCUT2D eigenvalue weighted by Gasteiger charge is 2.36. The summed E-state index contributed by atoms with van der Waals surface area (Å²) < 4.78 is 13.5. The fourth-order valence-electron chi connectivity index (χ4n) is 3.59.